The van der Waals surface area contributed by atoms with Crippen LogP contribution < -0.4 is 18.9 Å². The summed E-state index contributed by atoms with van der Waals surface area (Å²) in [4.78, 5) is -0.162. The van der Waals surface area contributed by atoms with Crippen molar-refractivity contribution in [2.24, 2.45) is 0 Å². The molecule has 0 saturated carbocycles. The van der Waals surface area contributed by atoms with Crippen molar-refractivity contribution in [2.45, 2.75) is 22.9 Å². The highest BCUT2D eigenvalue weighted by atomic mass is 32.2. The summed E-state index contributed by atoms with van der Waals surface area (Å²) in [5.41, 5.74) is 1.27. The van der Waals surface area contributed by atoms with Crippen molar-refractivity contribution >= 4 is 20.0 Å². The number of ether oxygens (including phenoxy) is 2. The van der Waals surface area contributed by atoms with E-state index in [4.69, 9.17) is 9.47 Å². The molecule has 168 valence electrons. The number of rotatable bonds is 8. The Morgan fingerprint density at radius 1 is 0.688 bits per heavy atom. The van der Waals surface area contributed by atoms with E-state index in [2.05, 4.69) is 9.44 Å². The third-order valence-electron chi connectivity index (χ3n) is 4.73. The van der Waals surface area contributed by atoms with E-state index in [0.717, 1.165) is 0 Å². The molecule has 11 heteroatoms. The monoisotopic (exact) mass is 478 g/mol. The Morgan fingerprint density at radius 2 is 1.19 bits per heavy atom. The molecule has 0 unspecified atom stereocenters. The fourth-order valence-electron chi connectivity index (χ4n) is 2.97. The smallest absolute Gasteiger partial charge is 0.240 e. The van der Waals surface area contributed by atoms with Gasteiger partial charge in [0, 0.05) is 13.1 Å². The third-order valence-corrected chi connectivity index (χ3v) is 7.56. The molecule has 1 heterocycles. The molecule has 0 spiro atoms. The summed E-state index contributed by atoms with van der Waals surface area (Å²) < 4.78 is 78.4. The van der Waals surface area contributed by atoms with Crippen LogP contribution in [0.4, 0.5) is 4.39 Å². The number of hydrogen-bond acceptors (Lipinski definition) is 6. The standard InChI is InChI=1S/C21H19FN2O6S2/c22-17-4-1-15(2-5-17)12-23-31(25,26)18-6-8-19(9-7-18)32(27,28)24-13-16-3-10-20-21(11-16)30-14-29-20/h1-11,23-24H,12-14H2. The maximum atomic E-state index is 13.0. The van der Waals surface area contributed by atoms with Gasteiger partial charge in [-0.25, -0.2) is 30.7 Å². The minimum Gasteiger partial charge on any atom is -0.454 e. The van der Waals surface area contributed by atoms with E-state index in [9.17, 15) is 21.2 Å². The van der Waals surface area contributed by atoms with Gasteiger partial charge >= 0.3 is 0 Å². The van der Waals surface area contributed by atoms with Crippen LogP contribution >= 0.6 is 0 Å². The van der Waals surface area contributed by atoms with Crippen LogP contribution in [0.1, 0.15) is 11.1 Å². The lowest BCUT2D eigenvalue weighted by Gasteiger charge is -2.10. The molecule has 0 aliphatic carbocycles. The normalized spacial score (nSPS) is 13.3. The van der Waals surface area contributed by atoms with Crippen molar-refractivity contribution in [3.8, 4) is 11.5 Å². The molecule has 32 heavy (non-hydrogen) atoms. The predicted octanol–water partition coefficient (Wildman–Crippen LogP) is 2.51. The van der Waals surface area contributed by atoms with E-state index in [1.165, 1.54) is 48.5 Å². The molecule has 8 nitrogen and oxygen atoms in total. The summed E-state index contributed by atoms with van der Waals surface area (Å²) in [7, 11) is -7.74. The minimum atomic E-state index is -3.88. The van der Waals surface area contributed by atoms with Crippen LogP contribution in [0.3, 0.4) is 0 Å². The summed E-state index contributed by atoms with van der Waals surface area (Å²) in [6.07, 6.45) is 0. The Hall–Kier alpha value is -2.99. The van der Waals surface area contributed by atoms with Crippen LogP contribution in [-0.2, 0) is 33.1 Å². The first kappa shape index (κ1) is 22.2. The number of benzene rings is 3. The minimum absolute atomic E-state index is 0.0260. The Kier molecular flexibility index (Phi) is 6.15. The van der Waals surface area contributed by atoms with E-state index in [0.29, 0.717) is 22.6 Å². The average Bonchev–Trinajstić information content (AvgIpc) is 3.25. The highest BCUT2D eigenvalue weighted by molar-refractivity contribution is 7.90. The van der Waals surface area contributed by atoms with Gasteiger partial charge in [-0.3, -0.25) is 0 Å². The SMILES string of the molecule is O=S(=O)(NCc1ccc(F)cc1)c1ccc(S(=O)(=O)NCc2ccc3c(c2)OCO3)cc1. The van der Waals surface area contributed by atoms with Gasteiger partial charge in [-0.2, -0.15) is 0 Å². The lowest BCUT2D eigenvalue weighted by atomic mass is 10.2. The van der Waals surface area contributed by atoms with Gasteiger partial charge in [0.2, 0.25) is 26.8 Å². The van der Waals surface area contributed by atoms with Gasteiger partial charge in [-0.05, 0) is 59.7 Å². The molecule has 4 rings (SSSR count). The highest BCUT2D eigenvalue weighted by Crippen LogP contribution is 2.32. The summed E-state index contributed by atoms with van der Waals surface area (Å²) in [5.74, 6) is 0.728. The molecular formula is C21H19FN2O6S2. The van der Waals surface area contributed by atoms with Gasteiger partial charge in [0.1, 0.15) is 5.82 Å². The van der Waals surface area contributed by atoms with E-state index in [-0.39, 0.29) is 29.7 Å². The predicted molar refractivity (Wildman–Crippen MR) is 113 cm³/mol. The molecule has 3 aromatic carbocycles. The van der Waals surface area contributed by atoms with Crippen LogP contribution in [0.2, 0.25) is 0 Å². The zero-order valence-corrected chi connectivity index (χ0v) is 18.2. The Labute approximate surface area is 185 Å². The maximum absolute atomic E-state index is 13.0. The second-order valence-corrected chi connectivity index (χ2v) is 10.5. The molecule has 0 aromatic heterocycles. The van der Waals surface area contributed by atoms with Crippen LogP contribution in [0.5, 0.6) is 11.5 Å². The van der Waals surface area contributed by atoms with Gasteiger partial charge in [0.05, 0.1) is 9.79 Å². The van der Waals surface area contributed by atoms with Gasteiger partial charge in [-0.15, -0.1) is 0 Å². The Morgan fingerprint density at radius 3 is 1.78 bits per heavy atom. The molecule has 1 aliphatic rings. The molecule has 3 aromatic rings. The van der Waals surface area contributed by atoms with E-state index in [1.54, 1.807) is 18.2 Å². The van der Waals surface area contributed by atoms with Crippen molar-refractivity contribution in [2.75, 3.05) is 6.79 Å². The zero-order chi connectivity index (χ0) is 22.8. The Bertz CT molecular complexity index is 1330. The fraction of sp³-hybridized carbons (Fsp3) is 0.143. The third kappa shape index (κ3) is 5.07. The van der Waals surface area contributed by atoms with Crippen LogP contribution in [0, 0.1) is 5.82 Å². The van der Waals surface area contributed by atoms with Crippen molar-refractivity contribution in [1.29, 1.82) is 0 Å². The second-order valence-electron chi connectivity index (χ2n) is 6.93. The topological polar surface area (TPSA) is 111 Å². The van der Waals surface area contributed by atoms with Gasteiger partial charge in [0.15, 0.2) is 11.5 Å². The molecule has 0 radical (unpaired) electrons. The molecule has 0 saturated heterocycles. The quantitative estimate of drug-likeness (QED) is 0.515. The van der Waals surface area contributed by atoms with Gasteiger partial charge in [-0.1, -0.05) is 18.2 Å². The summed E-state index contributed by atoms with van der Waals surface area (Å²) in [6, 6.07) is 15.4. The highest BCUT2D eigenvalue weighted by Gasteiger charge is 2.19. The molecule has 0 bridgehead atoms. The first-order chi connectivity index (χ1) is 15.2. The molecule has 2 N–H and O–H groups in total. The van der Waals surface area contributed by atoms with Crippen molar-refractivity contribution < 1.29 is 30.7 Å². The van der Waals surface area contributed by atoms with Gasteiger partial charge in [0.25, 0.3) is 0 Å². The number of hydrogen-bond donors (Lipinski definition) is 2. The molecular weight excluding hydrogens is 459 g/mol. The maximum Gasteiger partial charge on any atom is 0.240 e. The summed E-state index contributed by atoms with van der Waals surface area (Å²) >= 11 is 0. The molecule has 0 fully saturated rings. The average molecular weight is 479 g/mol. The van der Waals surface area contributed by atoms with Crippen molar-refractivity contribution in [3.63, 3.8) is 0 Å². The summed E-state index contributed by atoms with van der Waals surface area (Å²) in [6.45, 7) is 0.122. The van der Waals surface area contributed by atoms with Crippen molar-refractivity contribution in [1.82, 2.24) is 9.44 Å². The first-order valence-corrected chi connectivity index (χ1v) is 12.4. The van der Waals surface area contributed by atoms with Crippen molar-refractivity contribution in [3.05, 3.63) is 83.7 Å². The van der Waals surface area contributed by atoms with Crippen LogP contribution in [0.25, 0.3) is 0 Å². The lowest BCUT2D eigenvalue weighted by Crippen LogP contribution is -2.24. The number of nitrogens with one attached hydrogen (secondary N) is 2. The zero-order valence-electron chi connectivity index (χ0n) is 16.6. The molecule has 1 aliphatic heterocycles. The van der Waals surface area contributed by atoms with E-state index >= 15 is 0 Å². The first-order valence-electron chi connectivity index (χ1n) is 9.45. The van der Waals surface area contributed by atoms with E-state index in [1.807, 2.05) is 0 Å². The number of sulfonamides is 2. The Balaban J connectivity index is 1.40. The molecule has 0 amide bonds. The number of fused-ring (bicyclic) bond motifs is 1. The lowest BCUT2D eigenvalue weighted by molar-refractivity contribution is 0.174. The van der Waals surface area contributed by atoms with Crippen LogP contribution in [-0.4, -0.2) is 23.6 Å². The van der Waals surface area contributed by atoms with Crippen LogP contribution in [0.15, 0.2) is 76.5 Å². The molecule has 0 atom stereocenters. The van der Waals surface area contributed by atoms with E-state index < -0.39 is 25.9 Å². The number of halogens is 1. The largest absolute Gasteiger partial charge is 0.454 e. The van der Waals surface area contributed by atoms with Gasteiger partial charge < -0.3 is 9.47 Å². The summed E-state index contributed by atoms with van der Waals surface area (Å²) in [5, 5.41) is 0. The second kappa shape index (κ2) is 8.87. The fourth-order valence-corrected chi connectivity index (χ4v) is 5.01.